The topological polar surface area (TPSA) is 35.6 Å². The molecule has 0 spiro atoms. The normalized spacial score (nSPS) is 18.0. The van der Waals surface area contributed by atoms with E-state index < -0.39 is 0 Å². The SMILES string of the molecule is O=C([C@H](Cc1ccccc1)NC1CCCCC1)N1CCN(C(c2ccc(F)cc2)c2ccc(F)cc2)CC1. The van der Waals surface area contributed by atoms with E-state index in [1.165, 1.54) is 49.1 Å². The number of carbonyl (C=O) groups excluding carboxylic acids is 1. The Labute approximate surface area is 224 Å². The van der Waals surface area contributed by atoms with Gasteiger partial charge in [-0.2, -0.15) is 0 Å². The van der Waals surface area contributed by atoms with Crippen LogP contribution in [0.25, 0.3) is 0 Å². The fourth-order valence-corrected chi connectivity index (χ4v) is 5.95. The van der Waals surface area contributed by atoms with Crippen molar-refractivity contribution in [2.75, 3.05) is 26.2 Å². The maximum Gasteiger partial charge on any atom is 0.240 e. The monoisotopic (exact) mass is 517 g/mol. The van der Waals surface area contributed by atoms with Gasteiger partial charge in [0.25, 0.3) is 0 Å². The smallest absolute Gasteiger partial charge is 0.240 e. The molecule has 0 radical (unpaired) electrons. The van der Waals surface area contributed by atoms with Crippen LogP contribution in [0, 0.1) is 11.6 Å². The summed E-state index contributed by atoms with van der Waals surface area (Å²) in [7, 11) is 0. The lowest BCUT2D eigenvalue weighted by molar-refractivity contribution is -0.135. The molecule has 6 heteroatoms. The molecule has 2 fully saturated rings. The molecule has 1 saturated carbocycles. The van der Waals surface area contributed by atoms with E-state index >= 15 is 0 Å². The summed E-state index contributed by atoms with van der Waals surface area (Å²) in [5.74, 6) is -0.395. The van der Waals surface area contributed by atoms with E-state index in [9.17, 15) is 13.6 Å². The van der Waals surface area contributed by atoms with Crippen LogP contribution in [0.4, 0.5) is 8.78 Å². The Balaban J connectivity index is 1.30. The molecular formula is C32H37F2N3O. The molecule has 0 unspecified atom stereocenters. The molecule has 1 atom stereocenters. The van der Waals surface area contributed by atoms with Crippen molar-refractivity contribution >= 4 is 5.91 Å². The first-order chi connectivity index (χ1) is 18.6. The zero-order valence-electron chi connectivity index (χ0n) is 21.9. The van der Waals surface area contributed by atoms with Crippen molar-refractivity contribution in [2.24, 2.45) is 0 Å². The highest BCUT2D eigenvalue weighted by molar-refractivity contribution is 5.82. The van der Waals surface area contributed by atoms with Crippen molar-refractivity contribution < 1.29 is 13.6 Å². The lowest BCUT2D eigenvalue weighted by Crippen LogP contribution is -2.56. The van der Waals surface area contributed by atoms with E-state index in [4.69, 9.17) is 0 Å². The minimum atomic E-state index is -0.281. The molecule has 5 rings (SSSR count). The molecule has 3 aromatic rings. The van der Waals surface area contributed by atoms with Gasteiger partial charge in [0.05, 0.1) is 12.1 Å². The number of benzene rings is 3. The molecule has 1 aliphatic carbocycles. The zero-order chi connectivity index (χ0) is 26.3. The second-order valence-corrected chi connectivity index (χ2v) is 10.6. The lowest BCUT2D eigenvalue weighted by Gasteiger charge is -2.41. The van der Waals surface area contributed by atoms with Gasteiger partial charge in [-0.15, -0.1) is 0 Å². The van der Waals surface area contributed by atoms with Crippen molar-refractivity contribution in [1.29, 1.82) is 0 Å². The average molecular weight is 518 g/mol. The van der Waals surface area contributed by atoms with Gasteiger partial charge in [0, 0.05) is 32.2 Å². The second-order valence-electron chi connectivity index (χ2n) is 10.6. The van der Waals surface area contributed by atoms with E-state index in [2.05, 4.69) is 22.3 Å². The Morgan fingerprint density at radius 2 is 1.32 bits per heavy atom. The van der Waals surface area contributed by atoms with Gasteiger partial charge in [0.1, 0.15) is 11.6 Å². The summed E-state index contributed by atoms with van der Waals surface area (Å²) >= 11 is 0. The van der Waals surface area contributed by atoms with Crippen LogP contribution < -0.4 is 5.32 Å². The van der Waals surface area contributed by atoms with Crippen LogP contribution in [-0.4, -0.2) is 54.0 Å². The first kappa shape index (κ1) is 26.5. The Kier molecular flexibility index (Phi) is 8.82. The number of carbonyl (C=O) groups is 1. The lowest BCUT2D eigenvalue weighted by atomic mass is 9.93. The number of rotatable bonds is 8. The number of amides is 1. The maximum atomic E-state index is 13.8. The van der Waals surface area contributed by atoms with Gasteiger partial charge < -0.3 is 10.2 Å². The van der Waals surface area contributed by atoms with Crippen LogP contribution in [0.1, 0.15) is 54.8 Å². The van der Waals surface area contributed by atoms with Crippen LogP contribution in [0.3, 0.4) is 0 Å². The molecule has 1 heterocycles. The standard InChI is InChI=1S/C32H37F2N3O/c33-27-15-11-25(12-16-27)31(26-13-17-28(34)18-14-26)36-19-21-37(22-20-36)32(38)30(23-24-7-3-1-4-8-24)35-29-9-5-2-6-10-29/h1,3-4,7-8,11-18,29-31,35H,2,5-6,9-10,19-23H2/t30-/m0/s1. The molecule has 0 bridgehead atoms. The summed E-state index contributed by atoms with van der Waals surface area (Å²) in [6, 6.07) is 23.3. The third kappa shape index (κ3) is 6.66. The number of nitrogens with one attached hydrogen (secondary N) is 1. The summed E-state index contributed by atoms with van der Waals surface area (Å²) in [6.45, 7) is 2.62. The summed E-state index contributed by atoms with van der Waals surface area (Å²) in [5, 5.41) is 3.72. The third-order valence-corrected chi connectivity index (χ3v) is 7.99. The Morgan fingerprint density at radius 3 is 1.87 bits per heavy atom. The Bertz CT molecular complexity index is 1110. The predicted octanol–water partition coefficient (Wildman–Crippen LogP) is 5.73. The minimum Gasteiger partial charge on any atom is -0.339 e. The van der Waals surface area contributed by atoms with Crippen LogP contribution in [0.15, 0.2) is 78.9 Å². The van der Waals surface area contributed by atoms with Gasteiger partial charge in [-0.3, -0.25) is 9.69 Å². The highest BCUT2D eigenvalue weighted by Gasteiger charge is 2.32. The summed E-state index contributed by atoms with van der Waals surface area (Å²) in [5.41, 5.74) is 3.08. The fourth-order valence-electron chi connectivity index (χ4n) is 5.95. The van der Waals surface area contributed by atoms with Crippen molar-refractivity contribution in [2.45, 2.75) is 56.7 Å². The molecule has 1 saturated heterocycles. The highest BCUT2D eigenvalue weighted by atomic mass is 19.1. The first-order valence-corrected chi connectivity index (χ1v) is 13.9. The maximum absolute atomic E-state index is 13.8. The summed E-state index contributed by atoms with van der Waals surface area (Å²) in [4.78, 5) is 18.1. The van der Waals surface area contributed by atoms with Crippen LogP contribution in [0.5, 0.6) is 0 Å². The van der Waals surface area contributed by atoms with Crippen molar-refractivity contribution in [3.63, 3.8) is 0 Å². The summed E-state index contributed by atoms with van der Waals surface area (Å²) in [6.07, 6.45) is 6.66. The fraction of sp³-hybridized carbons (Fsp3) is 0.406. The average Bonchev–Trinajstić information content (AvgIpc) is 2.96. The molecule has 200 valence electrons. The number of piperazine rings is 1. The zero-order valence-corrected chi connectivity index (χ0v) is 21.9. The van der Waals surface area contributed by atoms with Gasteiger partial charge >= 0.3 is 0 Å². The van der Waals surface area contributed by atoms with Gasteiger partial charge in [-0.25, -0.2) is 8.78 Å². The number of hydrogen-bond donors (Lipinski definition) is 1. The largest absolute Gasteiger partial charge is 0.339 e. The van der Waals surface area contributed by atoms with Gasteiger partial charge in [0.15, 0.2) is 0 Å². The van der Waals surface area contributed by atoms with Crippen LogP contribution in [-0.2, 0) is 11.2 Å². The van der Waals surface area contributed by atoms with Gasteiger partial charge in [-0.1, -0.05) is 73.9 Å². The number of halogens is 2. The van der Waals surface area contributed by atoms with E-state index in [-0.39, 0.29) is 29.6 Å². The third-order valence-electron chi connectivity index (χ3n) is 7.99. The van der Waals surface area contributed by atoms with Gasteiger partial charge in [0.2, 0.25) is 5.91 Å². The van der Waals surface area contributed by atoms with E-state index in [1.54, 1.807) is 24.3 Å². The molecular weight excluding hydrogens is 480 g/mol. The highest BCUT2D eigenvalue weighted by Crippen LogP contribution is 2.30. The van der Waals surface area contributed by atoms with Crippen molar-refractivity contribution in [1.82, 2.24) is 15.1 Å². The van der Waals surface area contributed by atoms with Crippen molar-refractivity contribution in [3.8, 4) is 0 Å². The molecule has 4 nitrogen and oxygen atoms in total. The van der Waals surface area contributed by atoms with E-state index in [0.29, 0.717) is 38.6 Å². The van der Waals surface area contributed by atoms with E-state index in [1.807, 2.05) is 23.1 Å². The van der Waals surface area contributed by atoms with Crippen LogP contribution >= 0.6 is 0 Å². The van der Waals surface area contributed by atoms with Crippen LogP contribution in [0.2, 0.25) is 0 Å². The first-order valence-electron chi connectivity index (χ1n) is 13.9. The molecule has 0 aromatic heterocycles. The summed E-state index contributed by atoms with van der Waals surface area (Å²) < 4.78 is 27.3. The Hall–Kier alpha value is -3.09. The molecule has 2 aliphatic rings. The van der Waals surface area contributed by atoms with Gasteiger partial charge in [-0.05, 0) is 60.2 Å². The van der Waals surface area contributed by atoms with E-state index in [0.717, 1.165) is 24.0 Å². The quantitative estimate of drug-likeness (QED) is 0.414. The molecule has 1 N–H and O–H groups in total. The Morgan fingerprint density at radius 1 is 0.763 bits per heavy atom. The number of nitrogens with zero attached hydrogens (tertiary/aromatic N) is 2. The molecule has 38 heavy (non-hydrogen) atoms. The minimum absolute atomic E-state index is 0.131. The predicted molar refractivity (Wildman–Crippen MR) is 147 cm³/mol. The second kappa shape index (κ2) is 12.6. The number of hydrogen-bond acceptors (Lipinski definition) is 3. The molecule has 3 aromatic carbocycles. The molecule has 1 amide bonds. The molecule has 1 aliphatic heterocycles. The van der Waals surface area contributed by atoms with Crippen molar-refractivity contribution in [3.05, 3.63) is 107 Å².